The highest BCUT2D eigenvalue weighted by atomic mass is 16.4. The topological polar surface area (TPSA) is 40.1 Å². The minimum Gasteiger partial charge on any atom is -0.550 e. The summed E-state index contributed by atoms with van der Waals surface area (Å²) >= 11 is 0. The maximum absolute atomic E-state index is 9.82. The first-order valence-corrected chi connectivity index (χ1v) is 11.9. The van der Waals surface area contributed by atoms with E-state index in [0.717, 1.165) is 23.7 Å². The molecule has 0 saturated carbocycles. The van der Waals surface area contributed by atoms with Crippen molar-refractivity contribution in [3.05, 3.63) is 0 Å². The largest absolute Gasteiger partial charge is 0.550 e. The van der Waals surface area contributed by atoms with E-state index in [1.54, 1.807) is 6.92 Å². The smallest absolute Gasteiger partial charge is 0.0789 e. The van der Waals surface area contributed by atoms with Crippen molar-refractivity contribution in [2.75, 3.05) is 26.2 Å². The second-order valence-electron chi connectivity index (χ2n) is 10.6. The summed E-state index contributed by atoms with van der Waals surface area (Å²) in [7, 11) is 0. The summed E-state index contributed by atoms with van der Waals surface area (Å²) in [5.41, 5.74) is 0. The van der Waals surface area contributed by atoms with Crippen molar-refractivity contribution in [2.24, 2.45) is 29.6 Å². The number of hydrogen-bond acceptors (Lipinski definition) is 2. The third kappa shape index (κ3) is 17.5. The van der Waals surface area contributed by atoms with Crippen LogP contribution in [0.4, 0.5) is 0 Å². The second kappa shape index (κ2) is 16.3. The van der Waals surface area contributed by atoms with E-state index in [0.29, 0.717) is 6.42 Å². The number of aliphatic carboxylic acids is 1. The van der Waals surface area contributed by atoms with Crippen LogP contribution in [0.3, 0.4) is 0 Å². The molecule has 0 spiro atoms. The summed E-state index contributed by atoms with van der Waals surface area (Å²) in [4.78, 5) is 9.82. The molecule has 3 nitrogen and oxygen atoms in total. The van der Waals surface area contributed by atoms with Gasteiger partial charge in [-0.15, -0.1) is 0 Å². The zero-order valence-electron chi connectivity index (χ0n) is 21.0. The molecule has 0 aliphatic heterocycles. The Morgan fingerprint density at radius 1 is 0.643 bits per heavy atom. The lowest BCUT2D eigenvalue weighted by molar-refractivity contribution is -0.930. The number of carboxylic acids is 1. The number of rotatable bonds is 14. The molecule has 0 N–H and O–H groups in total. The van der Waals surface area contributed by atoms with E-state index in [-0.39, 0.29) is 5.92 Å². The number of hydrogen-bond donors (Lipinski definition) is 0. The Kier molecular flexibility index (Phi) is 17.2. The molecule has 0 amide bonds. The fraction of sp³-hybridized carbons (Fsp3) is 0.960. The van der Waals surface area contributed by atoms with Crippen molar-refractivity contribution in [2.45, 2.75) is 101 Å². The zero-order chi connectivity index (χ0) is 22.3. The van der Waals surface area contributed by atoms with Gasteiger partial charge in [-0.05, 0) is 61.7 Å². The van der Waals surface area contributed by atoms with Crippen LogP contribution in [0.15, 0.2) is 0 Å². The van der Waals surface area contributed by atoms with Crippen LogP contribution in [-0.4, -0.2) is 36.6 Å². The van der Waals surface area contributed by atoms with Gasteiger partial charge in [-0.25, -0.2) is 0 Å². The first-order chi connectivity index (χ1) is 12.8. The zero-order valence-corrected chi connectivity index (χ0v) is 21.0. The minimum absolute atomic E-state index is 0.292. The lowest BCUT2D eigenvalue weighted by atomic mass is 10.0. The molecule has 0 aliphatic rings. The highest BCUT2D eigenvalue weighted by molar-refractivity contribution is 5.66. The number of carbonyl (C=O) groups is 1. The van der Waals surface area contributed by atoms with Gasteiger partial charge in [-0.3, -0.25) is 0 Å². The van der Waals surface area contributed by atoms with Crippen molar-refractivity contribution in [3.63, 3.8) is 0 Å². The van der Waals surface area contributed by atoms with Crippen molar-refractivity contribution in [3.8, 4) is 0 Å². The van der Waals surface area contributed by atoms with E-state index in [2.05, 4.69) is 55.4 Å². The lowest BCUT2D eigenvalue weighted by Crippen LogP contribution is -2.52. The summed E-state index contributed by atoms with van der Waals surface area (Å²) in [6.45, 7) is 28.0. The quantitative estimate of drug-likeness (QED) is 0.348. The van der Waals surface area contributed by atoms with E-state index < -0.39 is 5.97 Å². The Morgan fingerprint density at radius 2 is 0.893 bits per heavy atom. The molecule has 3 heteroatoms. The van der Waals surface area contributed by atoms with E-state index in [4.69, 9.17) is 0 Å². The molecule has 0 aliphatic carbocycles. The maximum Gasteiger partial charge on any atom is 0.0789 e. The van der Waals surface area contributed by atoms with Gasteiger partial charge in [0.2, 0.25) is 0 Å². The Bertz CT molecular complexity index is 321. The third-order valence-corrected chi connectivity index (χ3v) is 5.74. The summed E-state index contributed by atoms with van der Waals surface area (Å²) in [5.74, 6) is 2.08. The molecule has 0 fully saturated rings. The second-order valence-corrected chi connectivity index (χ2v) is 10.6. The van der Waals surface area contributed by atoms with Crippen LogP contribution in [0.5, 0.6) is 0 Å². The predicted octanol–water partition coefficient (Wildman–Crippen LogP) is 5.77. The monoisotopic (exact) mass is 399 g/mol. The van der Waals surface area contributed by atoms with E-state index >= 15 is 0 Å². The third-order valence-electron chi connectivity index (χ3n) is 5.74. The molecule has 0 bridgehead atoms. The number of carbonyl (C=O) groups excluding carboxylic acids is 1. The average Bonchev–Trinajstić information content (AvgIpc) is 2.59. The Hall–Kier alpha value is -0.570. The van der Waals surface area contributed by atoms with Crippen LogP contribution in [-0.2, 0) is 4.79 Å². The SMILES string of the molecule is CC(C)CC[N+](CCC(C)C)(CCC(C)C)CCC(C)C.CCC(C)C(=O)[O-]. The Balaban J connectivity index is 0. The van der Waals surface area contributed by atoms with Crippen molar-refractivity contribution in [1.29, 1.82) is 0 Å². The van der Waals surface area contributed by atoms with Gasteiger partial charge in [-0.1, -0.05) is 69.2 Å². The molecular formula is C25H53NO2. The molecule has 0 rings (SSSR count). The first kappa shape index (κ1) is 29.6. The molecule has 0 radical (unpaired) electrons. The fourth-order valence-electron chi connectivity index (χ4n) is 2.97. The predicted molar refractivity (Wildman–Crippen MR) is 122 cm³/mol. The summed E-state index contributed by atoms with van der Waals surface area (Å²) < 4.78 is 1.38. The van der Waals surface area contributed by atoms with Gasteiger partial charge in [0.1, 0.15) is 0 Å². The Labute approximate surface area is 177 Å². The molecule has 170 valence electrons. The van der Waals surface area contributed by atoms with Gasteiger partial charge in [-0.2, -0.15) is 0 Å². The van der Waals surface area contributed by atoms with E-state index in [9.17, 15) is 9.90 Å². The number of quaternary nitrogens is 1. The highest BCUT2D eigenvalue weighted by Gasteiger charge is 2.27. The standard InChI is InChI=1S/C20H44N.C5H10O2/c1-17(2)9-13-21(14-10-18(3)4,15-11-19(5)6)16-12-20(7)8;1-3-4(2)5(6)7/h17-20H,9-16H2,1-8H3;4H,3H2,1-2H3,(H,6,7)/q+1;/p-1. The molecule has 28 heavy (non-hydrogen) atoms. The molecular weight excluding hydrogens is 346 g/mol. The van der Waals surface area contributed by atoms with Gasteiger partial charge in [0.15, 0.2) is 0 Å². The molecule has 1 atom stereocenters. The maximum atomic E-state index is 9.82. The van der Waals surface area contributed by atoms with Gasteiger partial charge in [0.05, 0.1) is 26.2 Å². The van der Waals surface area contributed by atoms with Gasteiger partial charge >= 0.3 is 0 Å². The summed E-state index contributed by atoms with van der Waals surface area (Å²) in [6.07, 6.45) is 6.19. The van der Waals surface area contributed by atoms with Crippen molar-refractivity contribution < 1.29 is 14.4 Å². The van der Waals surface area contributed by atoms with Crippen LogP contribution in [0.1, 0.15) is 101 Å². The Morgan fingerprint density at radius 3 is 1.00 bits per heavy atom. The summed E-state index contributed by atoms with van der Waals surface area (Å²) in [5, 5.41) is 9.82. The number of carboxylic acid groups (broad SMARTS) is 1. The van der Waals surface area contributed by atoms with Gasteiger partial charge < -0.3 is 14.4 Å². The van der Waals surface area contributed by atoms with Crippen molar-refractivity contribution >= 4 is 5.97 Å². The average molecular weight is 400 g/mol. The van der Waals surface area contributed by atoms with Crippen LogP contribution in [0.2, 0.25) is 0 Å². The molecule has 0 saturated heterocycles. The minimum atomic E-state index is -0.956. The van der Waals surface area contributed by atoms with Crippen LogP contribution in [0, 0.1) is 29.6 Å². The highest BCUT2D eigenvalue weighted by Crippen LogP contribution is 2.21. The molecule has 0 aromatic carbocycles. The van der Waals surface area contributed by atoms with Gasteiger partial charge in [0.25, 0.3) is 0 Å². The molecule has 0 aromatic rings. The van der Waals surface area contributed by atoms with E-state index in [1.807, 2.05) is 6.92 Å². The first-order valence-electron chi connectivity index (χ1n) is 11.9. The van der Waals surface area contributed by atoms with Crippen LogP contribution >= 0.6 is 0 Å². The van der Waals surface area contributed by atoms with Gasteiger partial charge in [0, 0.05) is 5.97 Å². The van der Waals surface area contributed by atoms with Crippen molar-refractivity contribution in [1.82, 2.24) is 0 Å². The molecule has 0 heterocycles. The van der Waals surface area contributed by atoms with Crippen LogP contribution < -0.4 is 5.11 Å². The lowest BCUT2D eigenvalue weighted by Gasteiger charge is -2.41. The number of nitrogens with zero attached hydrogens (tertiary/aromatic N) is 1. The normalized spacial score (nSPS) is 13.2. The van der Waals surface area contributed by atoms with Crippen LogP contribution in [0.25, 0.3) is 0 Å². The fourth-order valence-corrected chi connectivity index (χ4v) is 2.97. The molecule has 0 aromatic heterocycles. The molecule has 1 unspecified atom stereocenters. The van der Waals surface area contributed by atoms with E-state index in [1.165, 1.54) is 56.3 Å². The summed E-state index contributed by atoms with van der Waals surface area (Å²) in [6, 6.07) is 0.